The van der Waals surface area contributed by atoms with Gasteiger partial charge in [0.25, 0.3) is 0 Å². The maximum atomic E-state index is 4.25. The first-order chi connectivity index (χ1) is 10.3. The van der Waals surface area contributed by atoms with Crippen LogP contribution in [0.4, 0.5) is 0 Å². The fraction of sp³-hybridized carbons (Fsp3) is 0.412. The molecule has 0 aliphatic heterocycles. The summed E-state index contributed by atoms with van der Waals surface area (Å²) in [5.41, 5.74) is 1.35. The monoisotopic (exact) mass is 284 g/mol. The zero-order valence-electron chi connectivity index (χ0n) is 12.9. The van der Waals surface area contributed by atoms with Crippen LogP contribution < -0.4 is 5.32 Å². The minimum atomic E-state index is 0.380. The Hall–Kier alpha value is -1.78. The Bertz CT molecular complexity index is 497. The van der Waals surface area contributed by atoms with Crippen LogP contribution in [0.15, 0.2) is 48.8 Å². The van der Waals surface area contributed by atoms with E-state index in [1.807, 2.05) is 6.07 Å². The lowest BCUT2D eigenvalue weighted by Gasteiger charge is -2.30. The summed E-state index contributed by atoms with van der Waals surface area (Å²) in [6.45, 7) is 8.09. The standard InChI is InChI=1S/C17H24N4/c1-3-21(4-2)16(15-9-6-5-7-10-15)13-18-14-17-19-11-8-12-20-17/h5-12,16,18H,3-4,13-14H2,1-2H3. The van der Waals surface area contributed by atoms with Gasteiger partial charge in [0.1, 0.15) is 5.82 Å². The van der Waals surface area contributed by atoms with Crippen LogP contribution in [0.2, 0.25) is 0 Å². The van der Waals surface area contributed by atoms with E-state index in [9.17, 15) is 0 Å². The summed E-state index contributed by atoms with van der Waals surface area (Å²) in [7, 11) is 0. The molecule has 4 nitrogen and oxygen atoms in total. The molecule has 0 amide bonds. The normalized spacial score (nSPS) is 12.5. The van der Waals surface area contributed by atoms with E-state index in [4.69, 9.17) is 0 Å². The van der Waals surface area contributed by atoms with Gasteiger partial charge < -0.3 is 5.32 Å². The van der Waals surface area contributed by atoms with Crippen LogP contribution in [-0.2, 0) is 6.54 Å². The van der Waals surface area contributed by atoms with Gasteiger partial charge in [-0.25, -0.2) is 9.97 Å². The van der Waals surface area contributed by atoms with Gasteiger partial charge in [-0.3, -0.25) is 4.90 Å². The number of aromatic nitrogens is 2. The quantitative estimate of drug-likeness (QED) is 0.809. The van der Waals surface area contributed by atoms with Crippen molar-refractivity contribution in [3.63, 3.8) is 0 Å². The van der Waals surface area contributed by atoms with Crippen molar-refractivity contribution in [2.45, 2.75) is 26.4 Å². The van der Waals surface area contributed by atoms with Gasteiger partial charge in [-0.1, -0.05) is 44.2 Å². The Morgan fingerprint density at radius 1 is 1.00 bits per heavy atom. The highest BCUT2D eigenvalue weighted by atomic mass is 15.2. The zero-order valence-corrected chi connectivity index (χ0v) is 12.9. The second-order valence-corrected chi connectivity index (χ2v) is 4.94. The van der Waals surface area contributed by atoms with Gasteiger partial charge in [0, 0.05) is 25.0 Å². The summed E-state index contributed by atoms with van der Waals surface area (Å²) in [5, 5.41) is 3.48. The first-order valence-corrected chi connectivity index (χ1v) is 7.60. The molecule has 0 aliphatic carbocycles. The number of nitrogens with one attached hydrogen (secondary N) is 1. The summed E-state index contributed by atoms with van der Waals surface area (Å²) in [6.07, 6.45) is 3.56. The fourth-order valence-corrected chi connectivity index (χ4v) is 2.54. The number of hydrogen-bond acceptors (Lipinski definition) is 4. The molecule has 112 valence electrons. The Kier molecular flexibility index (Phi) is 6.31. The minimum Gasteiger partial charge on any atom is -0.308 e. The topological polar surface area (TPSA) is 41.0 Å². The molecule has 1 atom stereocenters. The van der Waals surface area contributed by atoms with Crippen LogP contribution >= 0.6 is 0 Å². The summed E-state index contributed by atoms with van der Waals surface area (Å²) in [6, 6.07) is 12.9. The van der Waals surface area contributed by atoms with Crippen LogP contribution in [0, 0.1) is 0 Å². The lowest BCUT2D eigenvalue weighted by Crippen LogP contribution is -2.35. The molecule has 0 saturated heterocycles. The van der Waals surface area contributed by atoms with Crippen LogP contribution in [-0.4, -0.2) is 34.5 Å². The second-order valence-electron chi connectivity index (χ2n) is 4.94. The molecular weight excluding hydrogens is 260 g/mol. The molecule has 2 aromatic rings. The Labute approximate surface area is 127 Å². The van der Waals surface area contributed by atoms with Gasteiger partial charge >= 0.3 is 0 Å². The van der Waals surface area contributed by atoms with Crippen LogP contribution in [0.5, 0.6) is 0 Å². The number of rotatable bonds is 8. The third-order valence-electron chi connectivity index (χ3n) is 3.68. The lowest BCUT2D eigenvalue weighted by atomic mass is 10.1. The molecule has 0 spiro atoms. The van der Waals surface area contributed by atoms with E-state index in [1.54, 1.807) is 12.4 Å². The minimum absolute atomic E-state index is 0.380. The molecular formula is C17H24N4. The van der Waals surface area contributed by atoms with E-state index in [0.717, 1.165) is 25.5 Å². The zero-order chi connectivity index (χ0) is 14.9. The lowest BCUT2D eigenvalue weighted by molar-refractivity contribution is 0.212. The molecule has 21 heavy (non-hydrogen) atoms. The highest BCUT2D eigenvalue weighted by Gasteiger charge is 2.17. The van der Waals surface area contributed by atoms with Crippen LogP contribution in [0.25, 0.3) is 0 Å². The number of likely N-dealkylation sites (N-methyl/N-ethyl adjacent to an activating group) is 1. The van der Waals surface area contributed by atoms with Gasteiger partial charge in [-0.2, -0.15) is 0 Å². The third kappa shape index (κ3) is 4.62. The molecule has 0 radical (unpaired) electrons. The average Bonchev–Trinajstić information content (AvgIpc) is 2.56. The SMILES string of the molecule is CCN(CC)C(CNCc1ncccn1)c1ccccc1. The molecule has 0 saturated carbocycles. The van der Waals surface area contributed by atoms with Crippen molar-refractivity contribution in [2.75, 3.05) is 19.6 Å². The van der Waals surface area contributed by atoms with E-state index >= 15 is 0 Å². The van der Waals surface area contributed by atoms with Gasteiger partial charge in [0.2, 0.25) is 0 Å². The van der Waals surface area contributed by atoms with Crippen LogP contribution in [0.1, 0.15) is 31.3 Å². The average molecular weight is 284 g/mol. The molecule has 1 aromatic heterocycles. The summed E-state index contributed by atoms with van der Waals surface area (Å²) in [4.78, 5) is 11.0. The van der Waals surface area contributed by atoms with E-state index in [2.05, 4.69) is 64.4 Å². The van der Waals surface area contributed by atoms with Gasteiger partial charge in [-0.15, -0.1) is 0 Å². The number of hydrogen-bond donors (Lipinski definition) is 1. The Balaban J connectivity index is 1.99. The van der Waals surface area contributed by atoms with E-state index in [1.165, 1.54) is 5.56 Å². The van der Waals surface area contributed by atoms with Gasteiger partial charge in [0.05, 0.1) is 6.54 Å². The van der Waals surface area contributed by atoms with Crippen molar-refractivity contribution < 1.29 is 0 Å². The molecule has 0 bridgehead atoms. The first kappa shape index (κ1) is 15.6. The molecule has 1 unspecified atom stereocenters. The molecule has 0 fully saturated rings. The number of nitrogens with zero attached hydrogens (tertiary/aromatic N) is 3. The second kappa shape index (κ2) is 8.49. The van der Waals surface area contributed by atoms with E-state index in [0.29, 0.717) is 12.6 Å². The maximum absolute atomic E-state index is 4.25. The van der Waals surface area contributed by atoms with E-state index < -0.39 is 0 Å². The van der Waals surface area contributed by atoms with Crippen LogP contribution in [0.3, 0.4) is 0 Å². The molecule has 1 N–H and O–H groups in total. The maximum Gasteiger partial charge on any atom is 0.141 e. The molecule has 1 heterocycles. The predicted octanol–water partition coefficient (Wildman–Crippen LogP) is 2.65. The molecule has 2 rings (SSSR count). The van der Waals surface area contributed by atoms with Crippen molar-refractivity contribution in [3.8, 4) is 0 Å². The smallest absolute Gasteiger partial charge is 0.141 e. The van der Waals surface area contributed by atoms with Crippen molar-refractivity contribution >= 4 is 0 Å². The van der Waals surface area contributed by atoms with Gasteiger partial charge in [-0.05, 0) is 24.7 Å². The largest absolute Gasteiger partial charge is 0.308 e. The van der Waals surface area contributed by atoms with Crippen molar-refractivity contribution in [1.82, 2.24) is 20.2 Å². The summed E-state index contributed by atoms with van der Waals surface area (Å²) < 4.78 is 0. The number of benzene rings is 1. The summed E-state index contributed by atoms with van der Waals surface area (Å²) >= 11 is 0. The Morgan fingerprint density at radius 2 is 1.67 bits per heavy atom. The first-order valence-electron chi connectivity index (χ1n) is 7.60. The van der Waals surface area contributed by atoms with Crippen molar-refractivity contribution in [3.05, 3.63) is 60.2 Å². The van der Waals surface area contributed by atoms with Gasteiger partial charge in [0.15, 0.2) is 0 Å². The molecule has 0 aliphatic rings. The fourth-order valence-electron chi connectivity index (χ4n) is 2.54. The van der Waals surface area contributed by atoms with E-state index in [-0.39, 0.29) is 0 Å². The predicted molar refractivity (Wildman–Crippen MR) is 85.8 cm³/mol. The van der Waals surface area contributed by atoms with Crippen molar-refractivity contribution in [1.29, 1.82) is 0 Å². The molecule has 1 aromatic carbocycles. The highest BCUT2D eigenvalue weighted by molar-refractivity contribution is 5.19. The third-order valence-corrected chi connectivity index (χ3v) is 3.68. The molecule has 4 heteroatoms. The highest BCUT2D eigenvalue weighted by Crippen LogP contribution is 2.19. The Morgan fingerprint density at radius 3 is 2.29 bits per heavy atom. The van der Waals surface area contributed by atoms with Crippen molar-refractivity contribution in [2.24, 2.45) is 0 Å². The summed E-state index contributed by atoms with van der Waals surface area (Å²) in [5.74, 6) is 0.837.